The van der Waals surface area contributed by atoms with Crippen LogP contribution >= 0.6 is 0 Å². The minimum absolute atomic E-state index is 0.0551. The van der Waals surface area contributed by atoms with Gasteiger partial charge >= 0.3 is 6.09 Å². The molecule has 2 N–H and O–H groups in total. The van der Waals surface area contributed by atoms with Crippen molar-refractivity contribution in [2.75, 3.05) is 27.2 Å². The van der Waals surface area contributed by atoms with E-state index in [0.29, 0.717) is 17.9 Å². The first kappa shape index (κ1) is 25.0. The average Bonchev–Trinajstić information content (AvgIpc) is 2.67. The van der Waals surface area contributed by atoms with E-state index in [9.17, 15) is 9.90 Å². The summed E-state index contributed by atoms with van der Waals surface area (Å²) in [5.41, 5.74) is 4.06. The van der Waals surface area contributed by atoms with Crippen LogP contribution in [0.4, 0.5) is 4.79 Å². The number of phenols is 1. The number of ether oxygens (including phenoxy) is 1. The molecular weight excluding hydrogens is 388 g/mol. The number of nitrogens with one attached hydrogen (secondary N) is 1. The Hall–Kier alpha value is -2.27. The Morgan fingerprint density at radius 2 is 2.06 bits per heavy atom. The van der Waals surface area contributed by atoms with Crippen LogP contribution < -0.4 is 10.1 Å². The first-order valence-electron chi connectivity index (χ1n) is 11.5. The quantitative estimate of drug-likeness (QED) is 0.366. The van der Waals surface area contributed by atoms with Gasteiger partial charge in [0.15, 0.2) is 0 Å². The van der Waals surface area contributed by atoms with Gasteiger partial charge in [0.25, 0.3) is 0 Å². The molecule has 0 radical (unpaired) electrons. The zero-order valence-corrected chi connectivity index (χ0v) is 20.0. The third-order valence-electron chi connectivity index (χ3n) is 5.99. The lowest BCUT2D eigenvalue weighted by Crippen LogP contribution is -2.33. The van der Waals surface area contributed by atoms with Gasteiger partial charge in [-0.05, 0) is 77.2 Å². The van der Waals surface area contributed by atoms with Crippen LogP contribution in [0.5, 0.6) is 11.5 Å². The molecule has 1 aromatic rings. The summed E-state index contributed by atoms with van der Waals surface area (Å²) < 4.78 is 5.78. The van der Waals surface area contributed by atoms with Crippen molar-refractivity contribution in [1.29, 1.82) is 0 Å². The van der Waals surface area contributed by atoms with E-state index in [4.69, 9.17) is 4.74 Å². The average molecular weight is 429 g/mol. The van der Waals surface area contributed by atoms with E-state index in [2.05, 4.69) is 31.8 Å². The summed E-state index contributed by atoms with van der Waals surface area (Å²) in [5, 5.41) is 13.9. The van der Waals surface area contributed by atoms with Gasteiger partial charge in [0, 0.05) is 24.6 Å². The van der Waals surface area contributed by atoms with E-state index in [1.165, 1.54) is 5.57 Å². The normalized spacial score (nSPS) is 18.6. The first-order chi connectivity index (χ1) is 14.7. The lowest BCUT2D eigenvalue weighted by atomic mass is 9.73. The Bertz CT molecular complexity index is 798. The molecule has 1 aromatic carbocycles. The first-order valence-corrected chi connectivity index (χ1v) is 11.5. The highest BCUT2D eigenvalue weighted by atomic mass is 16.6. The number of carbonyl (C=O) groups is 1. The molecule has 0 bridgehead atoms. The Morgan fingerprint density at radius 3 is 2.71 bits per heavy atom. The molecule has 0 fully saturated rings. The number of benzene rings is 1. The maximum Gasteiger partial charge on any atom is 0.412 e. The minimum Gasteiger partial charge on any atom is -0.507 e. The molecule has 1 aliphatic rings. The molecule has 2 atom stereocenters. The molecule has 1 unspecified atom stereocenters. The number of unbranched alkanes of at least 4 members (excludes halogenated alkanes) is 2. The van der Waals surface area contributed by atoms with Gasteiger partial charge in [0.05, 0.1) is 0 Å². The van der Waals surface area contributed by atoms with Crippen LogP contribution in [0.3, 0.4) is 0 Å². The van der Waals surface area contributed by atoms with Gasteiger partial charge < -0.3 is 20.1 Å². The predicted octanol–water partition coefficient (Wildman–Crippen LogP) is 5.79. The molecule has 1 aliphatic carbocycles. The SMILES string of the molecule is C=C(C)C1CCC(C)=C[C@@H]1c1c(O)cc(CCCCC)cc1OC(=O)NCCN(C)C. The second kappa shape index (κ2) is 11.9. The highest BCUT2D eigenvalue weighted by molar-refractivity contribution is 5.72. The van der Waals surface area contributed by atoms with Crippen LogP contribution in [-0.2, 0) is 6.42 Å². The highest BCUT2D eigenvalue weighted by Gasteiger charge is 2.31. The zero-order valence-electron chi connectivity index (χ0n) is 20.0. The van der Waals surface area contributed by atoms with E-state index in [-0.39, 0.29) is 17.6 Å². The largest absolute Gasteiger partial charge is 0.507 e. The summed E-state index contributed by atoms with van der Waals surface area (Å²) in [5.74, 6) is 0.809. The van der Waals surface area contributed by atoms with Gasteiger partial charge in [0.2, 0.25) is 0 Å². The van der Waals surface area contributed by atoms with Crippen molar-refractivity contribution in [3.05, 3.63) is 47.1 Å². The number of phenolic OH excluding ortho intramolecular Hbond substituents is 1. The molecule has 0 saturated carbocycles. The number of amides is 1. The van der Waals surface area contributed by atoms with Crippen LogP contribution in [0.2, 0.25) is 0 Å². The fourth-order valence-electron chi connectivity index (χ4n) is 4.23. The van der Waals surface area contributed by atoms with Crippen molar-refractivity contribution in [3.8, 4) is 11.5 Å². The summed E-state index contributed by atoms with van der Waals surface area (Å²) in [4.78, 5) is 14.5. The summed E-state index contributed by atoms with van der Waals surface area (Å²) in [6.45, 7) is 11.7. The van der Waals surface area contributed by atoms with Gasteiger partial charge in [-0.2, -0.15) is 0 Å². The number of likely N-dealkylation sites (N-methyl/N-ethyl adjacent to an activating group) is 1. The number of carbonyl (C=O) groups excluding carboxylic acids is 1. The molecule has 0 aliphatic heterocycles. The van der Waals surface area contributed by atoms with Gasteiger partial charge in [0.1, 0.15) is 11.5 Å². The molecule has 2 rings (SSSR count). The summed E-state index contributed by atoms with van der Waals surface area (Å²) in [6, 6.07) is 3.78. The molecular formula is C26H40N2O3. The van der Waals surface area contributed by atoms with E-state index >= 15 is 0 Å². The lowest BCUT2D eigenvalue weighted by molar-refractivity contribution is 0.198. The standard InChI is InChI=1S/C26H40N2O3/c1-7-8-9-10-20-16-23(29)25(22-15-19(4)11-12-21(22)18(2)3)24(17-20)31-26(30)27-13-14-28(5)6/h15-17,21-22,29H,2,7-14H2,1,3-6H3,(H,27,30)/t21?,22-/m0/s1. The molecule has 1 amide bonds. The van der Waals surface area contributed by atoms with Gasteiger partial charge in [-0.1, -0.05) is 43.6 Å². The molecule has 0 aromatic heterocycles. The van der Waals surface area contributed by atoms with Crippen molar-refractivity contribution in [2.24, 2.45) is 5.92 Å². The molecule has 5 heteroatoms. The van der Waals surface area contributed by atoms with E-state index in [1.807, 2.05) is 38.1 Å². The number of hydrogen-bond donors (Lipinski definition) is 2. The number of allylic oxidation sites excluding steroid dienone is 3. The van der Waals surface area contributed by atoms with Crippen LogP contribution in [0.1, 0.15) is 69.9 Å². The summed E-state index contributed by atoms with van der Waals surface area (Å²) in [6.07, 6.45) is 7.87. The maximum atomic E-state index is 12.5. The summed E-state index contributed by atoms with van der Waals surface area (Å²) in [7, 11) is 3.91. The molecule has 0 spiro atoms. The highest BCUT2D eigenvalue weighted by Crippen LogP contribution is 2.47. The van der Waals surface area contributed by atoms with Gasteiger partial charge in [-0.15, -0.1) is 0 Å². The van der Waals surface area contributed by atoms with Crippen molar-refractivity contribution in [1.82, 2.24) is 10.2 Å². The fraction of sp³-hybridized carbons (Fsp3) is 0.577. The molecule has 0 saturated heterocycles. The molecule has 5 nitrogen and oxygen atoms in total. The summed E-state index contributed by atoms with van der Waals surface area (Å²) >= 11 is 0. The smallest absolute Gasteiger partial charge is 0.412 e. The predicted molar refractivity (Wildman–Crippen MR) is 128 cm³/mol. The molecule has 31 heavy (non-hydrogen) atoms. The molecule has 172 valence electrons. The minimum atomic E-state index is -0.489. The Labute approximate surface area is 188 Å². The second-order valence-electron chi connectivity index (χ2n) is 9.13. The number of nitrogens with zero attached hydrogens (tertiary/aromatic N) is 1. The van der Waals surface area contributed by atoms with Crippen LogP contribution in [0.25, 0.3) is 0 Å². The topological polar surface area (TPSA) is 61.8 Å². The Morgan fingerprint density at radius 1 is 1.32 bits per heavy atom. The second-order valence-corrected chi connectivity index (χ2v) is 9.13. The van der Waals surface area contributed by atoms with E-state index < -0.39 is 6.09 Å². The number of rotatable bonds is 10. The zero-order chi connectivity index (χ0) is 23.0. The number of aryl methyl sites for hydroxylation is 1. The Balaban J connectivity index is 2.39. The van der Waals surface area contributed by atoms with Gasteiger partial charge in [-0.3, -0.25) is 0 Å². The van der Waals surface area contributed by atoms with E-state index in [1.54, 1.807) is 0 Å². The van der Waals surface area contributed by atoms with Crippen molar-refractivity contribution < 1.29 is 14.6 Å². The van der Waals surface area contributed by atoms with Gasteiger partial charge in [-0.25, -0.2) is 4.79 Å². The van der Waals surface area contributed by atoms with Crippen molar-refractivity contribution in [3.63, 3.8) is 0 Å². The third kappa shape index (κ3) is 7.42. The van der Waals surface area contributed by atoms with Crippen LogP contribution in [0.15, 0.2) is 35.9 Å². The van der Waals surface area contributed by atoms with E-state index in [0.717, 1.165) is 56.2 Å². The van der Waals surface area contributed by atoms with Crippen molar-refractivity contribution in [2.45, 2.75) is 65.2 Å². The van der Waals surface area contributed by atoms with Crippen LogP contribution in [-0.4, -0.2) is 43.3 Å². The third-order valence-corrected chi connectivity index (χ3v) is 5.99. The number of aromatic hydroxyl groups is 1. The number of hydrogen-bond acceptors (Lipinski definition) is 4. The maximum absolute atomic E-state index is 12.5. The monoisotopic (exact) mass is 428 g/mol. The molecule has 0 heterocycles. The van der Waals surface area contributed by atoms with Crippen LogP contribution in [0, 0.1) is 5.92 Å². The fourth-order valence-corrected chi connectivity index (χ4v) is 4.23. The Kier molecular flexibility index (Phi) is 9.63. The van der Waals surface area contributed by atoms with Crippen molar-refractivity contribution >= 4 is 6.09 Å². The lowest BCUT2D eigenvalue weighted by Gasteiger charge is -2.32.